The lowest BCUT2D eigenvalue weighted by atomic mass is 10.0. The number of nitrogens with zero attached hydrogens (tertiary/aromatic N) is 4. The summed E-state index contributed by atoms with van der Waals surface area (Å²) in [6.07, 6.45) is 1.95. The first-order valence-electron chi connectivity index (χ1n) is 14.4. The second-order valence-corrected chi connectivity index (χ2v) is 10.5. The lowest BCUT2D eigenvalue weighted by molar-refractivity contribution is 0.122. The summed E-state index contributed by atoms with van der Waals surface area (Å²) in [4.78, 5) is 14.6. The Hall–Kier alpha value is -3.21. The molecule has 0 amide bonds. The summed E-state index contributed by atoms with van der Waals surface area (Å²) < 4.78 is 28.3. The number of morpholine rings is 1. The van der Waals surface area contributed by atoms with E-state index in [0.29, 0.717) is 60.4 Å². The first-order valence-corrected chi connectivity index (χ1v) is 14.7. The van der Waals surface area contributed by atoms with Gasteiger partial charge in [0.2, 0.25) is 5.95 Å². The van der Waals surface area contributed by atoms with Crippen LogP contribution in [0.15, 0.2) is 24.3 Å². The molecule has 5 rings (SSSR count). The van der Waals surface area contributed by atoms with Gasteiger partial charge >= 0.3 is 0 Å². The Morgan fingerprint density at radius 3 is 2.12 bits per heavy atom. The number of rotatable bonds is 11. The molecule has 2 aromatic carbocycles. The van der Waals surface area contributed by atoms with Crippen LogP contribution in [0.25, 0.3) is 10.9 Å². The molecule has 0 bridgehead atoms. The van der Waals surface area contributed by atoms with Crippen LogP contribution in [0.4, 0.5) is 11.8 Å². The first kappa shape index (κ1) is 29.3. The van der Waals surface area contributed by atoms with Crippen LogP contribution in [0.5, 0.6) is 23.0 Å². The fourth-order valence-corrected chi connectivity index (χ4v) is 5.65. The first-order chi connectivity index (χ1) is 20.0. The molecule has 3 heterocycles. The highest BCUT2D eigenvalue weighted by Crippen LogP contribution is 2.38. The summed E-state index contributed by atoms with van der Waals surface area (Å²) in [7, 11) is 3.28. The molecule has 2 aliphatic heterocycles. The number of anilines is 2. The third-order valence-corrected chi connectivity index (χ3v) is 7.86. The van der Waals surface area contributed by atoms with Crippen molar-refractivity contribution in [3.05, 3.63) is 34.9 Å². The number of piperidine rings is 1. The monoisotopic (exact) mass is 585 g/mol. The summed E-state index contributed by atoms with van der Waals surface area (Å²) in [5.74, 6) is 4.17. The van der Waals surface area contributed by atoms with Crippen molar-refractivity contribution in [1.82, 2.24) is 14.9 Å². The third kappa shape index (κ3) is 6.82. The SMILES string of the molecule is CCOc1cc(CN2CCC(Nc3nc(N4CCOCC4)c4cc(OC)c(OC)cc4n3)CC2)cc(OCC)c1Cl. The van der Waals surface area contributed by atoms with Crippen LogP contribution in [0.3, 0.4) is 0 Å². The van der Waals surface area contributed by atoms with Crippen molar-refractivity contribution in [3.63, 3.8) is 0 Å². The van der Waals surface area contributed by atoms with Crippen LogP contribution in [-0.4, -0.2) is 87.7 Å². The fourth-order valence-electron chi connectivity index (χ4n) is 5.44. The smallest absolute Gasteiger partial charge is 0.225 e. The number of halogens is 1. The van der Waals surface area contributed by atoms with Crippen LogP contribution < -0.4 is 29.2 Å². The molecule has 2 fully saturated rings. The van der Waals surface area contributed by atoms with Gasteiger partial charge in [0.15, 0.2) is 11.5 Å². The molecule has 222 valence electrons. The number of benzene rings is 2. The Morgan fingerprint density at radius 2 is 1.51 bits per heavy atom. The number of fused-ring (bicyclic) bond motifs is 1. The molecular weight excluding hydrogens is 546 g/mol. The van der Waals surface area contributed by atoms with Gasteiger partial charge in [-0.1, -0.05) is 11.6 Å². The average Bonchev–Trinajstić information content (AvgIpc) is 3.00. The van der Waals surface area contributed by atoms with E-state index in [1.165, 1.54) is 0 Å². The van der Waals surface area contributed by atoms with E-state index in [4.69, 9.17) is 45.3 Å². The normalized spacial score (nSPS) is 16.6. The van der Waals surface area contributed by atoms with Gasteiger partial charge in [0.05, 0.1) is 46.2 Å². The predicted molar refractivity (Wildman–Crippen MR) is 161 cm³/mol. The lowest BCUT2D eigenvalue weighted by Gasteiger charge is -2.33. The molecule has 2 aliphatic rings. The quantitative estimate of drug-likeness (QED) is 0.331. The van der Waals surface area contributed by atoms with Gasteiger partial charge in [0.25, 0.3) is 0 Å². The third-order valence-electron chi connectivity index (χ3n) is 7.48. The predicted octanol–water partition coefficient (Wildman–Crippen LogP) is 5.01. The van der Waals surface area contributed by atoms with Crippen molar-refractivity contribution in [2.24, 2.45) is 0 Å². The second kappa shape index (κ2) is 13.6. The zero-order chi connectivity index (χ0) is 28.8. The standard InChI is InChI=1S/C30H40ClN5O5/c1-5-40-26-15-20(16-27(28(26)31)41-6-2)19-35-9-7-21(8-10-35)32-30-33-23-18-25(38-4)24(37-3)17-22(23)29(34-30)36-11-13-39-14-12-36/h15-18,21H,5-14,19H2,1-4H3,(H,32,33,34). The average molecular weight is 586 g/mol. The summed E-state index contributed by atoms with van der Waals surface area (Å²) in [5.41, 5.74) is 1.95. The van der Waals surface area contributed by atoms with Gasteiger partial charge < -0.3 is 33.9 Å². The van der Waals surface area contributed by atoms with Gasteiger partial charge in [0, 0.05) is 50.2 Å². The molecule has 0 spiro atoms. The van der Waals surface area contributed by atoms with Crippen molar-refractivity contribution >= 4 is 34.3 Å². The number of hydrogen-bond donors (Lipinski definition) is 1. The summed E-state index contributed by atoms with van der Waals surface area (Å²) in [6.45, 7) is 10.6. The molecule has 0 radical (unpaired) electrons. The van der Waals surface area contributed by atoms with Gasteiger partial charge in [-0.25, -0.2) is 4.98 Å². The van der Waals surface area contributed by atoms with E-state index >= 15 is 0 Å². The van der Waals surface area contributed by atoms with Crippen molar-refractivity contribution in [1.29, 1.82) is 0 Å². The topological polar surface area (TPSA) is 90.4 Å². The molecule has 1 aromatic heterocycles. The molecule has 41 heavy (non-hydrogen) atoms. The van der Waals surface area contributed by atoms with E-state index in [0.717, 1.165) is 67.8 Å². The molecule has 1 N–H and O–H groups in total. The Labute approximate surface area is 246 Å². The maximum absolute atomic E-state index is 6.50. The highest BCUT2D eigenvalue weighted by Gasteiger charge is 2.24. The number of hydrogen-bond acceptors (Lipinski definition) is 10. The molecule has 3 aromatic rings. The van der Waals surface area contributed by atoms with Gasteiger partial charge in [0.1, 0.15) is 22.3 Å². The molecule has 11 heteroatoms. The Morgan fingerprint density at radius 1 is 0.878 bits per heavy atom. The van der Waals surface area contributed by atoms with E-state index in [2.05, 4.69) is 15.1 Å². The molecular formula is C30H40ClN5O5. The molecule has 0 unspecified atom stereocenters. The zero-order valence-corrected chi connectivity index (χ0v) is 25.1. The van der Waals surface area contributed by atoms with Crippen molar-refractivity contribution in [2.45, 2.75) is 39.3 Å². The van der Waals surface area contributed by atoms with E-state index in [-0.39, 0.29) is 6.04 Å². The molecule has 0 saturated carbocycles. The molecule has 10 nitrogen and oxygen atoms in total. The largest absolute Gasteiger partial charge is 0.493 e. The minimum atomic E-state index is 0.268. The Kier molecular flexibility index (Phi) is 9.74. The number of methoxy groups -OCH3 is 2. The van der Waals surface area contributed by atoms with Crippen LogP contribution in [0, 0.1) is 0 Å². The Balaban J connectivity index is 1.30. The minimum Gasteiger partial charge on any atom is -0.493 e. The minimum absolute atomic E-state index is 0.268. The van der Waals surface area contributed by atoms with E-state index in [1.807, 2.05) is 38.1 Å². The number of aromatic nitrogens is 2. The number of nitrogens with one attached hydrogen (secondary N) is 1. The van der Waals surface area contributed by atoms with E-state index in [9.17, 15) is 0 Å². The van der Waals surface area contributed by atoms with Gasteiger partial charge in [-0.3, -0.25) is 4.90 Å². The second-order valence-electron chi connectivity index (χ2n) is 10.2. The van der Waals surface area contributed by atoms with Gasteiger partial charge in [-0.15, -0.1) is 0 Å². The van der Waals surface area contributed by atoms with Gasteiger partial charge in [-0.2, -0.15) is 4.98 Å². The van der Waals surface area contributed by atoms with Crippen LogP contribution in [0.1, 0.15) is 32.3 Å². The molecule has 2 saturated heterocycles. The lowest BCUT2D eigenvalue weighted by Crippen LogP contribution is -2.39. The maximum atomic E-state index is 6.50. The van der Waals surface area contributed by atoms with E-state index in [1.54, 1.807) is 14.2 Å². The van der Waals surface area contributed by atoms with Crippen molar-refractivity contribution < 1.29 is 23.7 Å². The highest BCUT2D eigenvalue weighted by atomic mass is 35.5. The number of likely N-dealkylation sites (tertiary alicyclic amines) is 1. The van der Waals surface area contributed by atoms with Crippen LogP contribution >= 0.6 is 11.6 Å². The summed E-state index contributed by atoms with van der Waals surface area (Å²) in [5, 5.41) is 5.09. The fraction of sp³-hybridized carbons (Fsp3) is 0.533. The molecule has 0 aliphatic carbocycles. The van der Waals surface area contributed by atoms with Crippen LogP contribution in [-0.2, 0) is 11.3 Å². The maximum Gasteiger partial charge on any atom is 0.225 e. The van der Waals surface area contributed by atoms with Crippen molar-refractivity contribution in [2.75, 3.05) is 77.0 Å². The zero-order valence-electron chi connectivity index (χ0n) is 24.4. The summed E-state index contributed by atoms with van der Waals surface area (Å²) in [6, 6.07) is 8.21. The number of ether oxygens (including phenoxy) is 5. The molecule has 0 atom stereocenters. The summed E-state index contributed by atoms with van der Waals surface area (Å²) >= 11 is 6.50. The van der Waals surface area contributed by atoms with E-state index < -0.39 is 0 Å². The highest BCUT2D eigenvalue weighted by molar-refractivity contribution is 6.33. The van der Waals surface area contributed by atoms with Crippen LogP contribution in [0.2, 0.25) is 5.02 Å². The Bertz CT molecular complexity index is 1300. The van der Waals surface area contributed by atoms with Gasteiger partial charge in [-0.05, 0) is 50.5 Å². The van der Waals surface area contributed by atoms with Crippen molar-refractivity contribution in [3.8, 4) is 23.0 Å².